The van der Waals surface area contributed by atoms with Gasteiger partial charge in [0.15, 0.2) is 5.78 Å². The van der Waals surface area contributed by atoms with Crippen LogP contribution in [0.25, 0.3) is 0 Å². The second-order valence-electron chi connectivity index (χ2n) is 13.5. The summed E-state index contributed by atoms with van der Waals surface area (Å²) in [5.41, 5.74) is 2.52. The van der Waals surface area contributed by atoms with Crippen molar-refractivity contribution >= 4 is 15.6 Å². The van der Waals surface area contributed by atoms with Crippen molar-refractivity contribution in [3.05, 3.63) is 41.5 Å². The lowest BCUT2D eigenvalue weighted by molar-refractivity contribution is -0.117. The Bertz CT molecular complexity index is 1470. The number of fused-ring (bicyclic) bond motifs is 8. The molecule has 208 valence electrons. The van der Waals surface area contributed by atoms with Gasteiger partial charge in [-0.05, 0) is 114 Å². The Balaban J connectivity index is 1.13. The van der Waals surface area contributed by atoms with Gasteiger partial charge in [0.25, 0.3) is 5.16 Å². The number of carbonyl (C=O) groups excluding carboxylic acids is 1. The Labute approximate surface area is 230 Å². The van der Waals surface area contributed by atoms with Gasteiger partial charge in [-0.25, -0.2) is 13.1 Å². The molecule has 1 saturated heterocycles. The third-order valence-corrected chi connectivity index (χ3v) is 13.2. The Morgan fingerprint density at radius 1 is 1.10 bits per heavy atom. The van der Waals surface area contributed by atoms with Gasteiger partial charge in [-0.3, -0.25) is 4.79 Å². The van der Waals surface area contributed by atoms with Crippen molar-refractivity contribution in [2.24, 2.45) is 40.4 Å². The highest BCUT2D eigenvalue weighted by Gasteiger charge is 2.69. The van der Waals surface area contributed by atoms with Crippen LogP contribution in [-0.4, -0.2) is 46.6 Å². The van der Waals surface area contributed by atoms with Gasteiger partial charge in [0.05, 0.1) is 11.0 Å². The molecule has 2 heterocycles. The predicted octanol–water partition coefficient (Wildman–Crippen LogP) is 4.59. The molecule has 0 amide bonds. The van der Waals surface area contributed by atoms with Crippen LogP contribution in [0.3, 0.4) is 0 Å². The fourth-order valence-electron chi connectivity index (χ4n) is 9.51. The van der Waals surface area contributed by atoms with E-state index >= 15 is 0 Å². The smallest absolute Gasteiger partial charge is 0.272 e. The van der Waals surface area contributed by atoms with E-state index in [0.29, 0.717) is 36.6 Å². The summed E-state index contributed by atoms with van der Waals surface area (Å²) in [7, 11) is -3.81. The number of benzene rings is 1. The molecule has 0 spiro atoms. The Hall–Kier alpha value is -2.39. The van der Waals surface area contributed by atoms with Crippen molar-refractivity contribution < 1.29 is 17.9 Å². The summed E-state index contributed by atoms with van der Waals surface area (Å²) in [6.45, 7) is 9.51. The maximum atomic E-state index is 13.4. The second-order valence-corrected chi connectivity index (χ2v) is 15.3. The van der Waals surface area contributed by atoms with Crippen molar-refractivity contribution in [1.29, 1.82) is 0 Å². The van der Waals surface area contributed by atoms with Gasteiger partial charge in [0.1, 0.15) is 6.10 Å². The number of sulfone groups is 1. The lowest BCUT2D eigenvalue weighted by atomic mass is 9.46. The molecule has 1 aromatic carbocycles. The van der Waals surface area contributed by atoms with Crippen molar-refractivity contribution in [2.75, 3.05) is 0 Å². The van der Waals surface area contributed by atoms with Gasteiger partial charge >= 0.3 is 0 Å². The number of epoxide rings is 1. The first-order valence-electron chi connectivity index (χ1n) is 14.5. The topological polar surface area (TPSA) is 107 Å². The molecule has 8 nitrogen and oxygen atoms in total. The zero-order valence-corrected chi connectivity index (χ0v) is 24.0. The van der Waals surface area contributed by atoms with Crippen LogP contribution in [-0.2, 0) is 25.9 Å². The number of tetrazole rings is 1. The molecule has 5 aliphatic rings. The van der Waals surface area contributed by atoms with E-state index in [9.17, 15) is 13.2 Å². The van der Waals surface area contributed by atoms with Crippen molar-refractivity contribution in [3.8, 4) is 0 Å². The van der Waals surface area contributed by atoms with Crippen LogP contribution in [0.1, 0.15) is 64.9 Å². The van der Waals surface area contributed by atoms with Gasteiger partial charge in [0.2, 0.25) is 9.84 Å². The summed E-state index contributed by atoms with van der Waals surface area (Å²) in [4.78, 5) is 12.5. The molecule has 0 radical (unpaired) electrons. The number of hydrogen-bond donors (Lipinski definition) is 0. The molecule has 0 bridgehead atoms. The summed E-state index contributed by atoms with van der Waals surface area (Å²) in [5.74, 6) is 2.63. The number of hydrogen-bond acceptors (Lipinski definition) is 7. The van der Waals surface area contributed by atoms with Crippen LogP contribution in [0.5, 0.6) is 0 Å². The Kier molecular flexibility index (Phi) is 5.61. The largest absolute Gasteiger partial charge is 0.365 e. The average molecular weight is 551 g/mol. The zero-order valence-electron chi connectivity index (χ0n) is 23.2. The van der Waals surface area contributed by atoms with E-state index in [-0.39, 0.29) is 44.8 Å². The zero-order chi connectivity index (χ0) is 27.3. The average Bonchev–Trinajstić information content (AvgIpc) is 3.40. The molecular formula is C30H38N4O4S. The van der Waals surface area contributed by atoms with E-state index in [1.807, 2.05) is 13.0 Å². The molecule has 0 unspecified atom stereocenters. The van der Waals surface area contributed by atoms with Crippen molar-refractivity contribution in [3.63, 3.8) is 0 Å². The summed E-state index contributed by atoms with van der Waals surface area (Å²) < 4.78 is 34.6. The number of aromatic nitrogens is 4. The third kappa shape index (κ3) is 3.68. The van der Waals surface area contributed by atoms with E-state index < -0.39 is 9.84 Å². The SMILES string of the molecule is Cc1ccc(S(=O)(=O)c2nnnn2C[C@@H](C)[C@H]2CC[C@H]3[C@@H]4[C@@H]5O[C@@H]5C5=CC(=O)CC[C@]5(C)[C@H]4CC[C@]23C)cc1. The van der Waals surface area contributed by atoms with E-state index in [1.165, 1.54) is 16.7 Å². The molecule has 0 N–H and O–H groups in total. The van der Waals surface area contributed by atoms with Crippen LogP contribution in [0.4, 0.5) is 0 Å². The van der Waals surface area contributed by atoms with Gasteiger partial charge in [0, 0.05) is 13.0 Å². The highest BCUT2D eigenvalue weighted by Crippen LogP contribution is 2.70. The molecule has 39 heavy (non-hydrogen) atoms. The lowest BCUT2D eigenvalue weighted by Crippen LogP contribution is -2.54. The first-order chi connectivity index (χ1) is 18.5. The quantitative estimate of drug-likeness (QED) is 0.501. The maximum absolute atomic E-state index is 13.4. The molecule has 7 rings (SSSR count). The summed E-state index contributed by atoms with van der Waals surface area (Å²) >= 11 is 0. The second kappa shape index (κ2) is 8.56. The third-order valence-electron chi connectivity index (χ3n) is 11.5. The van der Waals surface area contributed by atoms with Crippen molar-refractivity contribution in [1.82, 2.24) is 20.2 Å². The number of ketones is 1. The summed E-state index contributed by atoms with van der Waals surface area (Å²) in [6, 6.07) is 6.83. The van der Waals surface area contributed by atoms with E-state index in [4.69, 9.17) is 4.74 Å². The van der Waals surface area contributed by atoms with Crippen LogP contribution in [0.15, 0.2) is 46.0 Å². The van der Waals surface area contributed by atoms with Gasteiger partial charge in [-0.2, -0.15) is 0 Å². The molecule has 1 aromatic heterocycles. The van der Waals surface area contributed by atoms with Crippen LogP contribution < -0.4 is 0 Å². The number of nitrogens with zero attached hydrogens (tertiary/aromatic N) is 4. The number of rotatable bonds is 5. The van der Waals surface area contributed by atoms with Crippen LogP contribution in [0.2, 0.25) is 0 Å². The van der Waals surface area contributed by atoms with Crippen LogP contribution >= 0.6 is 0 Å². The lowest BCUT2D eigenvalue weighted by Gasteiger charge is -2.57. The fourth-order valence-corrected chi connectivity index (χ4v) is 10.7. The highest BCUT2D eigenvalue weighted by atomic mass is 32.2. The molecular weight excluding hydrogens is 512 g/mol. The Morgan fingerprint density at radius 2 is 1.87 bits per heavy atom. The number of carbonyl (C=O) groups is 1. The van der Waals surface area contributed by atoms with Crippen LogP contribution in [0, 0.1) is 47.3 Å². The van der Waals surface area contributed by atoms with Gasteiger partial charge in [-0.15, -0.1) is 0 Å². The van der Waals surface area contributed by atoms with E-state index in [1.54, 1.807) is 24.3 Å². The van der Waals surface area contributed by atoms with Gasteiger partial charge < -0.3 is 4.74 Å². The number of aryl methyl sites for hydroxylation is 1. The molecule has 9 heteroatoms. The first-order valence-corrected chi connectivity index (χ1v) is 16.0. The number of ether oxygens (including phenoxy) is 1. The molecule has 4 fully saturated rings. The predicted molar refractivity (Wildman–Crippen MR) is 143 cm³/mol. The minimum atomic E-state index is -3.81. The highest BCUT2D eigenvalue weighted by molar-refractivity contribution is 7.91. The minimum Gasteiger partial charge on any atom is -0.365 e. The molecule has 4 aliphatic carbocycles. The Morgan fingerprint density at radius 3 is 2.64 bits per heavy atom. The van der Waals surface area contributed by atoms with Crippen molar-refractivity contribution in [2.45, 2.75) is 95.0 Å². The monoisotopic (exact) mass is 550 g/mol. The first kappa shape index (κ1) is 25.6. The normalized spacial score (nSPS) is 39.7. The molecule has 9 atom stereocenters. The molecule has 2 aromatic rings. The van der Waals surface area contributed by atoms with E-state index in [2.05, 4.69) is 36.3 Å². The van der Waals surface area contributed by atoms with Gasteiger partial charge in [-0.1, -0.05) is 43.6 Å². The summed E-state index contributed by atoms with van der Waals surface area (Å²) in [5, 5.41) is 11.8. The van der Waals surface area contributed by atoms with E-state index in [0.717, 1.165) is 31.2 Å². The molecule has 3 saturated carbocycles. The molecule has 1 aliphatic heterocycles. The fraction of sp³-hybridized carbons (Fsp3) is 0.667. The maximum Gasteiger partial charge on any atom is 0.272 e. The standard InChI is InChI=1S/C30H38N4O4S/c1-17-5-7-20(8-6-17)39(36,37)28-31-32-33-34(28)16-18(2)21-9-10-22-25-23(12-14-29(21,22)3)30(4)13-11-19(35)15-24(30)26-27(25)38-26/h5-8,15,18,21-23,25-27H,9-14,16H2,1-4H3/t18-,21-,22+,23+,25+,26-,27+,29-,30-/m1/s1. The summed E-state index contributed by atoms with van der Waals surface area (Å²) in [6.07, 6.45) is 8.54. The minimum absolute atomic E-state index is 0.0763.